The number of imidazole rings is 1. The number of esters is 2. The molecule has 218 valence electrons. The summed E-state index contributed by atoms with van der Waals surface area (Å²) in [7, 11) is -3.94. The molecule has 0 saturated heterocycles. The molecule has 0 aliphatic heterocycles. The van der Waals surface area contributed by atoms with Crippen LogP contribution in [0.4, 0.5) is 5.82 Å². The molecule has 0 fully saturated rings. The van der Waals surface area contributed by atoms with E-state index in [-0.39, 0.29) is 17.7 Å². The van der Waals surface area contributed by atoms with Crippen LogP contribution in [0.1, 0.15) is 34.6 Å². The minimum absolute atomic E-state index is 0.255. The Morgan fingerprint density at radius 2 is 1.44 bits per heavy atom. The quantitative estimate of drug-likeness (QED) is 0.132. The number of hydrogen-bond acceptors (Lipinski definition) is 14. The van der Waals surface area contributed by atoms with E-state index in [0.29, 0.717) is 17.7 Å². The maximum Gasteiger partial charge on any atom is 0.414 e. The molecule has 2 aromatic rings. The first-order chi connectivity index (χ1) is 18.2. The van der Waals surface area contributed by atoms with Crippen molar-refractivity contribution < 1.29 is 57.2 Å². The third kappa shape index (κ3) is 11.7. The zero-order valence-corrected chi connectivity index (χ0v) is 22.9. The minimum Gasteiger partial charge on any atom is -0.473 e. The summed E-state index contributed by atoms with van der Waals surface area (Å²) >= 11 is 0. The number of anilines is 1. The highest BCUT2D eigenvalue weighted by molar-refractivity contribution is 7.53. The number of hydrogen-bond donors (Lipinski definition) is 3. The molecule has 2 rings (SSSR count). The lowest BCUT2D eigenvalue weighted by Crippen LogP contribution is -2.20. The van der Waals surface area contributed by atoms with Crippen LogP contribution < -0.4 is 5.73 Å². The fourth-order valence-electron chi connectivity index (χ4n) is 2.36. The van der Waals surface area contributed by atoms with Crippen molar-refractivity contribution >= 4 is 48.5 Å². The van der Waals surface area contributed by atoms with Crippen LogP contribution in [-0.2, 0) is 53.5 Å². The molecule has 0 radical (unpaired) electrons. The monoisotopic (exact) mass is 577 g/mol. The van der Waals surface area contributed by atoms with E-state index in [1.54, 1.807) is 45.5 Å². The lowest BCUT2D eigenvalue weighted by molar-refractivity contribution is -0.159. The first-order valence-electron chi connectivity index (χ1n) is 11.4. The summed E-state index contributed by atoms with van der Waals surface area (Å²) in [6, 6.07) is 0. The molecule has 0 unspecified atom stereocenters. The average Bonchev–Trinajstić information content (AvgIpc) is 3.26. The second kappa shape index (κ2) is 15.7. The smallest absolute Gasteiger partial charge is 0.414 e. The lowest BCUT2D eigenvalue weighted by Gasteiger charge is -2.21. The third-order valence-corrected chi connectivity index (χ3v) is 5.89. The highest BCUT2D eigenvalue weighted by atomic mass is 31.2. The first kappa shape index (κ1) is 33.4. The number of fused-ring (bicyclic) bond motifs is 1. The van der Waals surface area contributed by atoms with Gasteiger partial charge in [-0.3, -0.25) is 23.2 Å². The number of carboxylic acid groups (broad SMARTS) is 2. The summed E-state index contributed by atoms with van der Waals surface area (Å²) < 4.78 is 40.6. The largest absolute Gasteiger partial charge is 0.473 e. The highest BCUT2D eigenvalue weighted by Crippen LogP contribution is 2.48. The van der Waals surface area contributed by atoms with Gasteiger partial charge in [0.2, 0.25) is 13.6 Å². The van der Waals surface area contributed by atoms with Crippen LogP contribution in [0.3, 0.4) is 0 Å². The van der Waals surface area contributed by atoms with Crippen LogP contribution >= 0.6 is 7.60 Å². The van der Waals surface area contributed by atoms with Gasteiger partial charge in [-0.15, -0.1) is 0 Å². The Kier molecular flexibility index (Phi) is 13.4. The average molecular weight is 577 g/mol. The highest BCUT2D eigenvalue weighted by Gasteiger charge is 2.29. The molecule has 1 atom stereocenters. The summed E-state index contributed by atoms with van der Waals surface area (Å²) in [5.41, 5.74) is 6.77. The van der Waals surface area contributed by atoms with Gasteiger partial charge in [-0.1, -0.05) is 27.7 Å². The van der Waals surface area contributed by atoms with Crippen molar-refractivity contribution in [2.45, 2.75) is 47.3 Å². The third-order valence-electron chi connectivity index (χ3n) is 4.43. The van der Waals surface area contributed by atoms with Crippen molar-refractivity contribution in [1.29, 1.82) is 0 Å². The summed E-state index contributed by atoms with van der Waals surface area (Å²) in [5, 5.41) is 14.8. The molecule has 2 aromatic heterocycles. The van der Waals surface area contributed by atoms with Gasteiger partial charge < -0.3 is 34.7 Å². The number of carbonyl (C=O) groups excluding carboxylic acids is 2. The molecule has 0 aliphatic rings. The van der Waals surface area contributed by atoms with Gasteiger partial charge in [-0.25, -0.2) is 24.5 Å². The molecule has 39 heavy (non-hydrogen) atoms. The lowest BCUT2D eigenvalue weighted by atomic mass is 10.2. The van der Waals surface area contributed by atoms with Crippen LogP contribution in [0, 0.1) is 11.8 Å². The number of carboxylic acids is 2. The van der Waals surface area contributed by atoms with E-state index in [1.807, 2.05) is 0 Å². The van der Waals surface area contributed by atoms with E-state index in [4.69, 9.17) is 48.8 Å². The number of carbonyl (C=O) groups is 4. The van der Waals surface area contributed by atoms with E-state index in [2.05, 4.69) is 15.0 Å². The standard InChI is InChI=1S/C19H30N5O8P.C2H2O4/c1-12(2)18(25)28-9-31-33(27,32-10-29-19(26)13(3)4)11-30-14(5)6-24-8-23-15-16(20)21-7-22-17(15)24;3-1(4)2(5)6/h7-8,12-14H,6,9-11H2,1-5H3,(H2,20,21,22);(H,3,4)(H,5,6)/t14-;/m1./s1. The Labute approximate surface area is 223 Å². The van der Waals surface area contributed by atoms with E-state index < -0.39 is 57.5 Å². The van der Waals surface area contributed by atoms with Gasteiger partial charge in [0.15, 0.2) is 11.5 Å². The van der Waals surface area contributed by atoms with Gasteiger partial charge >= 0.3 is 31.5 Å². The fraction of sp³-hybridized carbons (Fsp3) is 0.571. The first-order valence-corrected chi connectivity index (χ1v) is 13.1. The molecular weight excluding hydrogens is 545 g/mol. The van der Waals surface area contributed by atoms with Gasteiger partial charge in [0.1, 0.15) is 18.2 Å². The number of nitrogens with zero attached hydrogens (tertiary/aromatic N) is 4. The fourth-order valence-corrected chi connectivity index (χ4v) is 3.44. The van der Waals surface area contributed by atoms with Gasteiger partial charge in [0, 0.05) is 0 Å². The molecule has 2 heterocycles. The van der Waals surface area contributed by atoms with E-state index in [0.717, 1.165) is 0 Å². The van der Waals surface area contributed by atoms with E-state index in [1.165, 1.54) is 6.33 Å². The zero-order valence-electron chi connectivity index (χ0n) is 22.0. The molecule has 0 aromatic carbocycles. The predicted molar refractivity (Wildman–Crippen MR) is 132 cm³/mol. The van der Waals surface area contributed by atoms with Crippen LogP contribution in [0.5, 0.6) is 0 Å². The van der Waals surface area contributed by atoms with Gasteiger partial charge in [0.05, 0.1) is 30.8 Å². The molecule has 0 aliphatic carbocycles. The maximum absolute atomic E-state index is 13.1. The molecular formula is C21H32N5O12P. The number of nitrogen functional groups attached to an aromatic ring is 1. The Morgan fingerprint density at radius 1 is 0.923 bits per heavy atom. The second-order valence-corrected chi connectivity index (χ2v) is 10.4. The number of aliphatic carboxylic acids is 2. The van der Waals surface area contributed by atoms with E-state index >= 15 is 0 Å². The molecule has 18 heteroatoms. The van der Waals surface area contributed by atoms with Crippen LogP contribution in [0.15, 0.2) is 12.7 Å². The molecule has 17 nitrogen and oxygen atoms in total. The molecule has 0 saturated carbocycles. The van der Waals surface area contributed by atoms with Crippen molar-refractivity contribution in [2.75, 3.05) is 25.7 Å². The number of ether oxygens (including phenoxy) is 3. The topological polar surface area (TPSA) is 242 Å². The minimum atomic E-state index is -3.94. The van der Waals surface area contributed by atoms with Gasteiger partial charge in [-0.2, -0.15) is 0 Å². The number of nitrogens with two attached hydrogens (primary N) is 1. The second-order valence-electron chi connectivity index (χ2n) is 8.39. The normalized spacial score (nSPS) is 12.1. The van der Waals surface area contributed by atoms with Crippen molar-refractivity contribution in [2.24, 2.45) is 11.8 Å². The Balaban J connectivity index is 0.00000113. The van der Waals surface area contributed by atoms with Gasteiger partial charge in [0.25, 0.3) is 0 Å². The van der Waals surface area contributed by atoms with Crippen molar-refractivity contribution in [3.05, 3.63) is 12.7 Å². The summed E-state index contributed by atoms with van der Waals surface area (Å²) in [5.74, 6) is -5.24. The zero-order chi connectivity index (χ0) is 29.8. The maximum atomic E-state index is 13.1. The summed E-state index contributed by atoms with van der Waals surface area (Å²) in [6.07, 6.45) is 1.92. The van der Waals surface area contributed by atoms with Crippen LogP contribution in [0.2, 0.25) is 0 Å². The Bertz CT molecular complexity index is 1140. The number of rotatable bonds is 13. The predicted octanol–water partition coefficient (Wildman–Crippen LogP) is 1.47. The molecule has 4 N–H and O–H groups in total. The Morgan fingerprint density at radius 3 is 1.90 bits per heavy atom. The summed E-state index contributed by atoms with van der Waals surface area (Å²) in [4.78, 5) is 53.7. The molecule has 0 amide bonds. The summed E-state index contributed by atoms with van der Waals surface area (Å²) in [6.45, 7) is 7.41. The molecule has 0 spiro atoms. The van der Waals surface area contributed by atoms with Crippen LogP contribution in [-0.4, -0.2) is 79.6 Å². The van der Waals surface area contributed by atoms with Crippen molar-refractivity contribution in [3.63, 3.8) is 0 Å². The van der Waals surface area contributed by atoms with Gasteiger partial charge in [-0.05, 0) is 6.92 Å². The van der Waals surface area contributed by atoms with Crippen molar-refractivity contribution in [3.8, 4) is 0 Å². The van der Waals surface area contributed by atoms with Crippen LogP contribution in [0.25, 0.3) is 11.2 Å². The molecule has 0 bridgehead atoms. The van der Waals surface area contributed by atoms with E-state index in [9.17, 15) is 14.2 Å². The SMILES string of the molecule is CC(C)C(=O)OCOP(=O)(CO[C@H](C)Cn1cnc2c(N)ncnc21)OCOC(=O)C(C)C.O=C(O)C(=O)O. The Hall–Kier alpha value is -3.66. The number of aromatic nitrogens is 4. The van der Waals surface area contributed by atoms with Crippen molar-refractivity contribution in [1.82, 2.24) is 19.5 Å².